The number of nitriles is 1. The fourth-order valence-electron chi connectivity index (χ4n) is 2.08. The summed E-state index contributed by atoms with van der Waals surface area (Å²) in [6.45, 7) is 0. The van der Waals surface area contributed by atoms with Crippen molar-refractivity contribution in [3.8, 4) is 17.3 Å². The molecular formula is C14H8FN3. The molecule has 3 rings (SSSR count). The number of hydrogen-bond donors (Lipinski definition) is 0. The Morgan fingerprint density at radius 1 is 1.17 bits per heavy atom. The number of pyridine rings is 1. The quantitative estimate of drug-likeness (QED) is 0.651. The highest BCUT2D eigenvalue weighted by molar-refractivity contribution is 5.93. The number of benzene rings is 1. The summed E-state index contributed by atoms with van der Waals surface area (Å²) in [4.78, 5) is 4.50. The van der Waals surface area contributed by atoms with E-state index in [1.165, 1.54) is 0 Å². The summed E-state index contributed by atoms with van der Waals surface area (Å²) in [6.07, 6.45) is 3.16. The molecule has 0 radical (unpaired) electrons. The van der Waals surface area contributed by atoms with Crippen LogP contribution < -0.4 is 0 Å². The molecule has 0 fully saturated rings. The molecule has 86 valence electrons. The van der Waals surface area contributed by atoms with E-state index in [2.05, 4.69) is 11.1 Å². The van der Waals surface area contributed by atoms with Crippen LogP contribution in [0.25, 0.3) is 22.2 Å². The Kier molecular flexibility index (Phi) is 2.31. The van der Waals surface area contributed by atoms with Crippen LogP contribution in [0, 0.1) is 11.3 Å². The van der Waals surface area contributed by atoms with Gasteiger partial charge in [-0.25, -0.2) is 0 Å². The van der Waals surface area contributed by atoms with Gasteiger partial charge < -0.3 is 0 Å². The van der Waals surface area contributed by atoms with Gasteiger partial charge >= 0.3 is 0 Å². The Morgan fingerprint density at radius 2 is 2.00 bits per heavy atom. The van der Waals surface area contributed by atoms with E-state index in [9.17, 15) is 9.74 Å². The van der Waals surface area contributed by atoms with Crippen LogP contribution in [0.15, 0.2) is 48.8 Å². The Morgan fingerprint density at radius 3 is 2.72 bits per heavy atom. The Balaban J connectivity index is 2.43. The second-order valence-corrected chi connectivity index (χ2v) is 3.88. The molecule has 0 amide bonds. The normalized spacial score (nSPS) is 10.4. The van der Waals surface area contributed by atoms with Crippen LogP contribution in [-0.2, 0) is 0 Å². The van der Waals surface area contributed by atoms with Gasteiger partial charge in [0.15, 0.2) is 0 Å². The Hall–Kier alpha value is -2.67. The maximum absolute atomic E-state index is 14.3. The van der Waals surface area contributed by atoms with E-state index in [1.54, 1.807) is 48.8 Å². The lowest BCUT2D eigenvalue weighted by molar-refractivity contribution is 0.393. The molecule has 4 heteroatoms. The van der Waals surface area contributed by atoms with Crippen LogP contribution in [0.5, 0.6) is 0 Å². The molecule has 0 bridgehead atoms. The standard InChI is InChI=1S/C14H8FN3/c15-18-13-6-2-1-5-11(13)12(8-16)14(18)10-4-3-7-17-9-10/h1-7,9H. The van der Waals surface area contributed by atoms with Crippen molar-refractivity contribution >= 4 is 10.9 Å². The summed E-state index contributed by atoms with van der Waals surface area (Å²) in [5.41, 5.74) is 1.58. The van der Waals surface area contributed by atoms with E-state index < -0.39 is 0 Å². The average Bonchev–Trinajstić information content (AvgIpc) is 2.73. The second-order valence-electron chi connectivity index (χ2n) is 3.88. The fraction of sp³-hybridized carbons (Fsp3) is 0. The average molecular weight is 237 g/mol. The predicted octanol–water partition coefficient (Wildman–Crippen LogP) is 3.31. The summed E-state index contributed by atoms with van der Waals surface area (Å²) in [6, 6.07) is 12.4. The van der Waals surface area contributed by atoms with Gasteiger partial charge in [-0.3, -0.25) is 4.98 Å². The van der Waals surface area contributed by atoms with Crippen molar-refractivity contribution in [1.82, 2.24) is 9.77 Å². The van der Waals surface area contributed by atoms with Gasteiger partial charge in [-0.1, -0.05) is 22.7 Å². The molecule has 1 aromatic carbocycles. The van der Waals surface area contributed by atoms with Gasteiger partial charge in [0.2, 0.25) is 0 Å². The maximum atomic E-state index is 14.3. The molecule has 3 nitrogen and oxygen atoms in total. The highest BCUT2D eigenvalue weighted by atomic mass is 19.2. The van der Waals surface area contributed by atoms with Crippen molar-refractivity contribution < 1.29 is 4.48 Å². The molecule has 0 aliphatic carbocycles. The van der Waals surface area contributed by atoms with Crippen molar-refractivity contribution in [3.63, 3.8) is 0 Å². The summed E-state index contributed by atoms with van der Waals surface area (Å²) < 4.78 is 14.3. The molecule has 0 atom stereocenters. The third kappa shape index (κ3) is 1.38. The van der Waals surface area contributed by atoms with E-state index in [1.807, 2.05) is 0 Å². The maximum Gasteiger partial charge on any atom is 0.102 e. The summed E-state index contributed by atoms with van der Waals surface area (Å²) in [5, 5.41) is 9.85. The number of hydrogen-bond acceptors (Lipinski definition) is 2. The topological polar surface area (TPSA) is 41.6 Å². The lowest BCUT2D eigenvalue weighted by atomic mass is 10.1. The van der Waals surface area contributed by atoms with Crippen LogP contribution in [0.1, 0.15) is 5.56 Å². The van der Waals surface area contributed by atoms with Gasteiger partial charge in [-0.15, -0.1) is 0 Å². The fourth-order valence-corrected chi connectivity index (χ4v) is 2.08. The third-order valence-electron chi connectivity index (χ3n) is 2.86. The van der Waals surface area contributed by atoms with Crippen LogP contribution >= 0.6 is 0 Å². The molecule has 0 aliphatic heterocycles. The van der Waals surface area contributed by atoms with Gasteiger partial charge in [0.1, 0.15) is 11.8 Å². The zero-order valence-corrected chi connectivity index (χ0v) is 9.34. The first kappa shape index (κ1) is 10.5. The lowest BCUT2D eigenvalue weighted by Gasteiger charge is -2.00. The number of fused-ring (bicyclic) bond motifs is 1. The first-order chi connectivity index (χ1) is 8.83. The smallest absolute Gasteiger partial charge is 0.102 e. The summed E-state index contributed by atoms with van der Waals surface area (Å²) >= 11 is 0. The van der Waals surface area contributed by atoms with Crippen molar-refractivity contribution in [2.24, 2.45) is 0 Å². The van der Waals surface area contributed by atoms with Crippen LogP contribution in [0.2, 0.25) is 0 Å². The number of halogens is 1. The summed E-state index contributed by atoms with van der Waals surface area (Å²) in [5.74, 6) is 0. The lowest BCUT2D eigenvalue weighted by Crippen LogP contribution is -1.89. The van der Waals surface area contributed by atoms with Gasteiger partial charge in [-0.2, -0.15) is 10.1 Å². The van der Waals surface area contributed by atoms with E-state index in [-0.39, 0.29) is 5.69 Å². The Bertz CT molecular complexity index is 754. The molecule has 3 aromatic rings. The largest absolute Gasteiger partial charge is 0.264 e. The first-order valence-electron chi connectivity index (χ1n) is 5.43. The van der Waals surface area contributed by atoms with E-state index in [0.717, 1.165) is 0 Å². The highest BCUT2D eigenvalue weighted by Gasteiger charge is 2.18. The van der Waals surface area contributed by atoms with Gasteiger partial charge in [0.25, 0.3) is 0 Å². The molecule has 0 aliphatic rings. The van der Waals surface area contributed by atoms with Crippen LogP contribution in [0.3, 0.4) is 0 Å². The molecule has 0 unspecified atom stereocenters. The van der Waals surface area contributed by atoms with Crippen LogP contribution in [0.4, 0.5) is 4.48 Å². The molecule has 0 N–H and O–H groups in total. The van der Waals surface area contributed by atoms with Gasteiger partial charge in [0.05, 0.1) is 11.1 Å². The minimum atomic E-state index is 0.256. The predicted molar refractivity (Wildman–Crippen MR) is 66.4 cm³/mol. The van der Waals surface area contributed by atoms with Crippen molar-refractivity contribution in [2.45, 2.75) is 0 Å². The minimum absolute atomic E-state index is 0.256. The molecule has 0 saturated heterocycles. The zero-order valence-electron chi connectivity index (χ0n) is 9.34. The number of aromatic nitrogens is 2. The monoisotopic (exact) mass is 237 g/mol. The third-order valence-corrected chi connectivity index (χ3v) is 2.86. The van der Waals surface area contributed by atoms with E-state index in [4.69, 9.17) is 0 Å². The van der Waals surface area contributed by atoms with Gasteiger partial charge in [0, 0.05) is 23.3 Å². The molecule has 2 aromatic heterocycles. The summed E-state index contributed by atoms with van der Waals surface area (Å²) in [7, 11) is 0. The number of nitrogens with zero attached hydrogens (tertiary/aromatic N) is 3. The van der Waals surface area contributed by atoms with E-state index >= 15 is 0 Å². The SMILES string of the molecule is N#Cc1c(-c2cccnc2)n(F)c2ccccc12. The Labute approximate surface area is 103 Å². The molecular weight excluding hydrogens is 229 g/mol. The highest BCUT2D eigenvalue weighted by Crippen LogP contribution is 2.32. The van der Waals surface area contributed by atoms with Crippen molar-refractivity contribution in [2.75, 3.05) is 0 Å². The van der Waals surface area contributed by atoms with Crippen molar-refractivity contribution in [1.29, 1.82) is 5.26 Å². The molecule has 0 spiro atoms. The number of rotatable bonds is 1. The molecule has 18 heavy (non-hydrogen) atoms. The minimum Gasteiger partial charge on any atom is -0.264 e. The second kappa shape index (κ2) is 3.97. The van der Waals surface area contributed by atoms with E-state index in [0.29, 0.717) is 26.8 Å². The van der Waals surface area contributed by atoms with Crippen LogP contribution in [-0.4, -0.2) is 9.77 Å². The first-order valence-corrected chi connectivity index (χ1v) is 5.43. The molecule has 0 saturated carbocycles. The zero-order chi connectivity index (χ0) is 12.5. The van der Waals surface area contributed by atoms with Gasteiger partial charge in [-0.05, 0) is 18.2 Å². The van der Waals surface area contributed by atoms with Crippen molar-refractivity contribution in [3.05, 3.63) is 54.4 Å². The number of para-hydroxylation sites is 1. The molecule has 2 heterocycles.